The van der Waals surface area contributed by atoms with Gasteiger partial charge in [0.1, 0.15) is 29.3 Å². The number of hydrogen-bond acceptors (Lipinski definition) is 11. The van der Waals surface area contributed by atoms with Crippen LogP contribution in [-0.4, -0.2) is 83.3 Å². The van der Waals surface area contributed by atoms with E-state index in [0.717, 1.165) is 6.07 Å². The van der Waals surface area contributed by atoms with E-state index in [4.69, 9.17) is 4.74 Å². The number of phenolic OH excluding ortho intramolecular Hbond substituents is 3. The summed E-state index contributed by atoms with van der Waals surface area (Å²) < 4.78 is 5.44. The Morgan fingerprint density at radius 2 is 1.62 bits per heavy atom. The maximum Gasteiger partial charge on any atom is 0.339 e. The third kappa shape index (κ3) is 3.11. The molecule has 0 aromatic heterocycles. The number of carbonyl (C=O) groups excluding carboxylic acids is 2. The third-order valence-corrected chi connectivity index (χ3v) is 6.23. The first-order chi connectivity index (χ1) is 15.9. The zero-order valence-electron chi connectivity index (χ0n) is 17.5. The first-order valence-corrected chi connectivity index (χ1v) is 10.0. The van der Waals surface area contributed by atoms with Gasteiger partial charge in [-0.1, -0.05) is 0 Å². The van der Waals surface area contributed by atoms with Crippen LogP contribution < -0.4 is 0 Å². The molecule has 4 atom stereocenters. The van der Waals surface area contributed by atoms with Gasteiger partial charge in [-0.2, -0.15) is 0 Å². The van der Waals surface area contributed by atoms with Gasteiger partial charge in [0, 0.05) is 17.5 Å². The van der Waals surface area contributed by atoms with E-state index in [-0.39, 0.29) is 5.56 Å². The summed E-state index contributed by atoms with van der Waals surface area (Å²) in [5.41, 5.74) is -3.83. The molecule has 1 aliphatic heterocycles. The minimum atomic E-state index is -1.57. The minimum Gasteiger partial charge on any atom is -0.507 e. The number of carboxylic acid groups (broad SMARTS) is 1. The number of hydrogen-bond donors (Lipinski definition) is 8. The van der Waals surface area contributed by atoms with Crippen molar-refractivity contribution < 1.29 is 60.0 Å². The van der Waals surface area contributed by atoms with Crippen LogP contribution in [0.2, 0.25) is 0 Å². The predicted molar refractivity (Wildman–Crippen MR) is 109 cm³/mol. The standard InChI is InChI=1S/C22H20O12/c1-5-11-6(2-7(24)12(5)22(32)33)16(26)14-15(18(11)28)19(29)13(20(30)21(14)31)9-3-8(25)17(27)10(4-23)34-9/h2,8-10,17,23-25,27,29-31H,3-4H2,1H3,(H,32,33)/t8-,9+,10?,17?/m1/s1. The Morgan fingerprint density at radius 1 is 1.00 bits per heavy atom. The van der Waals surface area contributed by atoms with Crippen LogP contribution in [0.25, 0.3) is 0 Å². The SMILES string of the molecule is Cc1c(C(=O)O)c(O)cc2c1C(=O)c1c(O)c([C@@H]3C[C@@H](O)C(O)C(CO)O3)c(O)c(O)c1C2=O. The van der Waals surface area contributed by atoms with Gasteiger partial charge in [0.05, 0.1) is 35.5 Å². The molecule has 34 heavy (non-hydrogen) atoms. The van der Waals surface area contributed by atoms with Gasteiger partial charge in [-0.15, -0.1) is 0 Å². The van der Waals surface area contributed by atoms with E-state index in [9.17, 15) is 55.2 Å². The highest BCUT2D eigenvalue weighted by Crippen LogP contribution is 2.52. The lowest BCUT2D eigenvalue weighted by atomic mass is 9.78. The molecule has 0 bridgehead atoms. The number of ketones is 2. The maximum absolute atomic E-state index is 13.4. The Labute approximate surface area is 190 Å². The summed E-state index contributed by atoms with van der Waals surface area (Å²) in [4.78, 5) is 38.0. The molecule has 2 aromatic rings. The molecule has 1 aliphatic carbocycles. The normalized spacial score (nSPS) is 24.0. The van der Waals surface area contributed by atoms with Crippen molar-refractivity contribution in [1.29, 1.82) is 0 Å². The number of fused-ring (bicyclic) bond motifs is 2. The lowest BCUT2D eigenvalue weighted by Crippen LogP contribution is -2.47. The van der Waals surface area contributed by atoms with Crippen LogP contribution in [0.1, 0.15) is 65.9 Å². The highest BCUT2D eigenvalue weighted by atomic mass is 16.5. The fraction of sp³-hybridized carbons (Fsp3) is 0.318. The number of benzene rings is 2. The molecule has 2 unspecified atom stereocenters. The summed E-state index contributed by atoms with van der Waals surface area (Å²) in [6, 6.07) is 0.754. The second kappa shape index (κ2) is 7.95. The van der Waals surface area contributed by atoms with E-state index in [0.29, 0.717) is 0 Å². The number of carboxylic acids is 1. The number of aliphatic hydroxyl groups is 3. The smallest absolute Gasteiger partial charge is 0.339 e. The first kappa shape index (κ1) is 23.4. The number of carbonyl (C=O) groups is 3. The molecule has 0 amide bonds. The Kier molecular flexibility index (Phi) is 5.49. The highest BCUT2D eigenvalue weighted by Gasteiger charge is 2.44. The Hall–Kier alpha value is -3.71. The van der Waals surface area contributed by atoms with Crippen molar-refractivity contribution in [2.45, 2.75) is 37.8 Å². The van der Waals surface area contributed by atoms with E-state index in [1.165, 1.54) is 6.92 Å². The Bertz CT molecular complexity index is 1260. The molecule has 1 heterocycles. The first-order valence-electron chi connectivity index (χ1n) is 10.0. The van der Waals surface area contributed by atoms with Crippen molar-refractivity contribution in [2.24, 2.45) is 0 Å². The third-order valence-electron chi connectivity index (χ3n) is 6.23. The molecule has 1 fully saturated rings. The molecule has 12 nitrogen and oxygen atoms in total. The molecule has 4 rings (SSSR count). The van der Waals surface area contributed by atoms with Crippen LogP contribution in [0.3, 0.4) is 0 Å². The van der Waals surface area contributed by atoms with Gasteiger partial charge in [-0.05, 0) is 18.6 Å². The van der Waals surface area contributed by atoms with E-state index in [2.05, 4.69) is 0 Å². The second-order valence-electron chi connectivity index (χ2n) is 8.13. The fourth-order valence-electron chi connectivity index (χ4n) is 4.57. The summed E-state index contributed by atoms with van der Waals surface area (Å²) in [5, 5.41) is 81.0. The van der Waals surface area contributed by atoms with Crippen LogP contribution in [-0.2, 0) is 4.74 Å². The van der Waals surface area contributed by atoms with Crippen LogP contribution in [0.5, 0.6) is 23.0 Å². The van der Waals surface area contributed by atoms with Crippen LogP contribution in [0.15, 0.2) is 6.07 Å². The summed E-state index contributed by atoms with van der Waals surface area (Å²) in [7, 11) is 0. The number of ether oxygens (including phenoxy) is 1. The Balaban J connectivity index is 1.96. The zero-order valence-corrected chi connectivity index (χ0v) is 17.5. The number of rotatable bonds is 3. The predicted octanol–water partition coefficient (Wildman–Crippen LogP) is -0.165. The van der Waals surface area contributed by atoms with Gasteiger partial charge in [-0.25, -0.2) is 4.79 Å². The van der Waals surface area contributed by atoms with E-state index >= 15 is 0 Å². The molecule has 2 aliphatic rings. The van der Waals surface area contributed by atoms with Crippen molar-refractivity contribution in [1.82, 2.24) is 0 Å². The topological polar surface area (TPSA) is 222 Å². The van der Waals surface area contributed by atoms with Gasteiger partial charge in [0.25, 0.3) is 0 Å². The molecule has 180 valence electrons. The van der Waals surface area contributed by atoms with Crippen molar-refractivity contribution in [3.8, 4) is 23.0 Å². The number of phenols is 4. The molecule has 0 radical (unpaired) electrons. The van der Waals surface area contributed by atoms with Gasteiger partial charge < -0.3 is 45.6 Å². The van der Waals surface area contributed by atoms with E-state index < -0.39 is 111 Å². The van der Waals surface area contributed by atoms with E-state index in [1.807, 2.05) is 0 Å². The molecular weight excluding hydrogens is 456 g/mol. The number of aliphatic hydroxyl groups excluding tert-OH is 3. The van der Waals surface area contributed by atoms with Gasteiger partial charge in [-0.3, -0.25) is 9.59 Å². The summed E-state index contributed by atoms with van der Waals surface area (Å²) in [5.74, 6) is -7.58. The fourth-order valence-corrected chi connectivity index (χ4v) is 4.57. The lowest BCUT2D eigenvalue weighted by molar-refractivity contribution is -0.182. The average molecular weight is 476 g/mol. The van der Waals surface area contributed by atoms with Crippen molar-refractivity contribution in [2.75, 3.05) is 6.61 Å². The lowest BCUT2D eigenvalue weighted by Gasteiger charge is -2.37. The quantitative estimate of drug-likeness (QED) is 0.182. The number of aromatic carboxylic acids is 1. The van der Waals surface area contributed by atoms with E-state index in [1.54, 1.807) is 0 Å². The number of aromatic hydroxyl groups is 4. The molecule has 1 saturated heterocycles. The van der Waals surface area contributed by atoms with Crippen molar-refractivity contribution in [3.05, 3.63) is 45.0 Å². The van der Waals surface area contributed by atoms with Crippen LogP contribution in [0, 0.1) is 6.92 Å². The molecule has 12 heteroatoms. The van der Waals surface area contributed by atoms with Gasteiger partial charge in [0.2, 0.25) is 0 Å². The monoisotopic (exact) mass is 476 g/mol. The average Bonchev–Trinajstić information content (AvgIpc) is 2.76. The maximum atomic E-state index is 13.4. The molecule has 0 spiro atoms. The minimum absolute atomic E-state index is 0.257. The molecule has 0 saturated carbocycles. The molecule has 2 aromatic carbocycles. The molecule has 8 N–H and O–H groups in total. The molecular formula is C22H20O12. The highest BCUT2D eigenvalue weighted by molar-refractivity contribution is 6.31. The Morgan fingerprint density at radius 3 is 2.21 bits per heavy atom. The van der Waals surface area contributed by atoms with Crippen molar-refractivity contribution in [3.63, 3.8) is 0 Å². The van der Waals surface area contributed by atoms with Gasteiger partial charge in [0.15, 0.2) is 23.1 Å². The second-order valence-corrected chi connectivity index (χ2v) is 8.13. The zero-order chi connectivity index (χ0) is 25.2. The van der Waals surface area contributed by atoms with Crippen molar-refractivity contribution >= 4 is 17.5 Å². The van der Waals surface area contributed by atoms with Gasteiger partial charge >= 0.3 is 5.97 Å². The van der Waals surface area contributed by atoms with Crippen LogP contribution in [0.4, 0.5) is 0 Å². The largest absolute Gasteiger partial charge is 0.507 e. The summed E-state index contributed by atoms with van der Waals surface area (Å²) >= 11 is 0. The summed E-state index contributed by atoms with van der Waals surface area (Å²) in [6.07, 6.45) is -6.10. The van der Waals surface area contributed by atoms with Crippen LogP contribution >= 0.6 is 0 Å². The summed E-state index contributed by atoms with van der Waals surface area (Å²) in [6.45, 7) is 0.447.